The number of benzene rings is 1. The first kappa shape index (κ1) is 14.0. The lowest BCUT2D eigenvalue weighted by atomic mass is 9.58. The van der Waals surface area contributed by atoms with Gasteiger partial charge in [-0.1, -0.05) is 51.5 Å². The molecule has 1 N–H and O–H groups in total. The molecule has 116 valence electrons. The van der Waals surface area contributed by atoms with Crippen molar-refractivity contribution in [1.29, 1.82) is 0 Å². The van der Waals surface area contributed by atoms with Crippen LogP contribution in [0.1, 0.15) is 51.6 Å². The minimum atomic E-state index is -0.319. The predicted octanol–water partition coefficient (Wildman–Crippen LogP) is 4.03. The van der Waals surface area contributed by atoms with E-state index in [9.17, 15) is 5.11 Å². The van der Waals surface area contributed by atoms with Gasteiger partial charge in [-0.2, -0.15) is 0 Å². The van der Waals surface area contributed by atoms with Gasteiger partial charge in [-0.15, -0.1) is 0 Å². The minimum absolute atomic E-state index is 0.0364. The zero-order valence-electron chi connectivity index (χ0n) is 13.6. The molecule has 1 aliphatic carbocycles. The Labute approximate surface area is 132 Å². The highest BCUT2D eigenvalue weighted by molar-refractivity contribution is 5.69. The van der Waals surface area contributed by atoms with Crippen LogP contribution in [0.5, 0.6) is 0 Å². The molecule has 1 aliphatic heterocycles. The second-order valence-electron chi connectivity index (χ2n) is 7.93. The first-order chi connectivity index (χ1) is 10.5. The third-order valence-electron chi connectivity index (χ3n) is 6.00. The van der Waals surface area contributed by atoms with Crippen LogP contribution in [0.3, 0.4) is 0 Å². The average molecular weight is 296 g/mol. The summed E-state index contributed by atoms with van der Waals surface area (Å²) in [5, 5.41) is 11.2. The van der Waals surface area contributed by atoms with Crippen LogP contribution in [0.15, 0.2) is 36.8 Å². The summed E-state index contributed by atoms with van der Waals surface area (Å²) >= 11 is 0. The molecule has 0 radical (unpaired) electrons. The van der Waals surface area contributed by atoms with Crippen molar-refractivity contribution in [2.75, 3.05) is 0 Å². The quantitative estimate of drug-likeness (QED) is 0.862. The molecule has 0 bridgehead atoms. The fourth-order valence-electron chi connectivity index (χ4n) is 4.89. The van der Waals surface area contributed by atoms with Crippen LogP contribution in [0.2, 0.25) is 0 Å². The van der Waals surface area contributed by atoms with E-state index >= 15 is 0 Å². The van der Waals surface area contributed by atoms with Gasteiger partial charge in [-0.05, 0) is 23.8 Å². The molecule has 2 aromatic rings. The summed E-state index contributed by atoms with van der Waals surface area (Å²) in [5.41, 5.74) is 3.58. The Kier molecular flexibility index (Phi) is 2.83. The van der Waals surface area contributed by atoms with Gasteiger partial charge in [-0.3, -0.25) is 0 Å². The van der Waals surface area contributed by atoms with Crippen LogP contribution in [0.4, 0.5) is 0 Å². The van der Waals surface area contributed by atoms with Crippen molar-refractivity contribution in [3.05, 3.63) is 42.4 Å². The van der Waals surface area contributed by atoms with Gasteiger partial charge in [0.15, 0.2) is 0 Å². The number of aliphatic hydroxyl groups excluding tert-OH is 1. The Bertz CT molecular complexity index is 718. The second-order valence-corrected chi connectivity index (χ2v) is 7.93. The van der Waals surface area contributed by atoms with E-state index in [1.54, 1.807) is 0 Å². The monoisotopic (exact) mass is 296 g/mol. The fraction of sp³-hybridized carbons (Fsp3) is 0.526. The van der Waals surface area contributed by atoms with E-state index in [0.29, 0.717) is 0 Å². The summed E-state index contributed by atoms with van der Waals surface area (Å²) in [5.74, 6) is 0. The average Bonchev–Trinajstić information content (AvgIpc) is 3.04. The molecule has 0 saturated heterocycles. The fourth-order valence-corrected chi connectivity index (χ4v) is 4.89. The number of imidazole rings is 1. The lowest BCUT2D eigenvalue weighted by Gasteiger charge is -2.51. The van der Waals surface area contributed by atoms with E-state index in [1.165, 1.54) is 23.2 Å². The van der Waals surface area contributed by atoms with Crippen LogP contribution >= 0.6 is 0 Å². The van der Waals surface area contributed by atoms with Crippen molar-refractivity contribution in [3.63, 3.8) is 0 Å². The number of nitrogens with zero attached hydrogens (tertiary/aromatic N) is 2. The summed E-state index contributed by atoms with van der Waals surface area (Å²) in [6.07, 6.45) is 6.87. The Morgan fingerprint density at radius 2 is 1.95 bits per heavy atom. The maximum Gasteiger partial charge on any atom is 0.0956 e. The van der Waals surface area contributed by atoms with Gasteiger partial charge in [0.05, 0.1) is 30.4 Å². The number of rotatable bonds is 1. The van der Waals surface area contributed by atoms with Crippen molar-refractivity contribution < 1.29 is 5.11 Å². The zero-order chi connectivity index (χ0) is 15.5. The van der Waals surface area contributed by atoms with Crippen LogP contribution in [0, 0.1) is 10.8 Å². The maximum absolute atomic E-state index is 11.2. The summed E-state index contributed by atoms with van der Waals surface area (Å²) < 4.78 is 2.27. The molecule has 2 aliphatic rings. The minimum Gasteiger partial charge on any atom is -0.392 e. The molecule has 1 fully saturated rings. The normalized spacial score (nSPS) is 32.5. The number of aliphatic hydroxyl groups is 1. The topological polar surface area (TPSA) is 38.0 Å². The van der Waals surface area contributed by atoms with Crippen LogP contribution < -0.4 is 0 Å². The van der Waals surface area contributed by atoms with Gasteiger partial charge in [0.1, 0.15) is 0 Å². The van der Waals surface area contributed by atoms with E-state index in [0.717, 1.165) is 12.8 Å². The van der Waals surface area contributed by atoms with Gasteiger partial charge in [0.2, 0.25) is 0 Å². The Hall–Kier alpha value is -1.61. The number of aromatic nitrogens is 2. The lowest BCUT2D eigenvalue weighted by Crippen LogP contribution is -2.50. The molecule has 3 atom stereocenters. The van der Waals surface area contributed by atoms with Gasteiger partial charge in [0, 0.05) is 11.0 Å². The van der Waals surface area contributed by atoms with Gasteiger partial charge in [-0.25, -0.2) is 4.98 Å². The SMILES string of the molecule is CC1(C)CCC[C@](C)([C@@H]2c3ccccc3-c3cncn32)[C@@H]1O. The maximum atomic E-state index is 11.2. The molecule has 1 aromatic carbocycles. The van der Waals surface area contributed by atoms with Crippen LogP contribution in [0.25, 0.3) is 11.3 Å². The molecule has 4 rings (SSSR count). The molecule has 22 heavy (non-hydrogen) atoms. The third kappa shape index (κ3) is 1.69. The number of hydrogen-bond donors (Lipinski definition) is 1. The Balaban J connectivity index is 1.89. The van der Waals surface area contributed by atoms with Crippen molar-refractivity contribution >= 4 is 0 Å². The second kappa shape index (κ2) is 4.45. The molecule has 1 saturated carbocycles. The molecular formula is C19H24N2O. The first-order valence-corrected chi connectivity index (χ1v) is 8.24. The highest BCUT2D eigenvalue weighted by Crippen LogP contribution is 2.57. The summed E-state index contributed by atoms with van der Waals surface area (Å²) in [6, 6.07) is 8.76. The summed E-state index contributed by atoms with van der Waals surface area (Å²) in [7, 11) is 0. The van der Waals surface area contributed by atoms with E-state index in [1.807, 2.05) is 12.5 Å². The third-order valence-corrected chi connectivity index (χ3v) is 6.00. The lowest BCUT2D eigenvalue weighted by molar-refractivity contribution is -0.100. The largest absolute Gasteiger partial charge is 0.392 e. The molecular weight excluding hydrogens is 272 g/mol. The number of hydrogen-bond acceptors (Lipinski definition) is 2. The van der Waals surface area contributed by atoms with E-state index in [2.05, 4.69) is 54.6 Å². The van der Waals surface area contributed by atoms with Crippen molar-refractivity contribution in [2.45, 2.75) is 52.2 Å². The molecule has 0 unspecified atom stereocenters. The highest BCUT2D eigenvalue weighted by Gasteiger charge is 2.53. The van der Waals surface area contributed by atoms with Crippen molar-refractivity contribution in [2.24, 2.45) is 10.8 Å². The smallest absolute Gasteiger partial charge is 0.0956 e. The van der Waals surface area contributed by atoms with Crippen molar-refractivity contribution in [1.82, 2.24) is 9.55 Å². The zero-order valence-corrected chi connectivity index (χ0v) is 13.6. The number of fused-ring (bicyclic) bond motifs is 3. The van der Waals surface area contributed by atoms with E-state index in [-0.39, 0.29) is 23.0 Å². The predicted molar refractivity (Wildman–Crippen MR) is 87.5 cm³/mol. The van der Waals surface area contributed by atoms with E-state index < -0.39 is 0 Å². The Morgan fingerprint density at radius 3 is 2.77 bits per heavy atom. The molecule has 3 heteroatoms. The summed E-state index contributed by atoms with van der Waals surface area (Å²) in [6.45, 7) is 6.66. The highest BCUT2D eigenvalue weighted by atomic mass is 16.3. The van der Waals surface area contributed by atoms with Gasteiger partial charge in [0.25, 0.3) is 0 Å². The first-order valence-electron chi connectivity index (χ1n) is 8.24. The van der Waals surface area contributed by atoms with Crippen LogP contribution in [-0.4, -0.2) is 20.8 Å². The van der Waals surface area contributed by atoms with Gasteiger partial charge < -0.3 is 9.67 Å². The standard InChI is InChI=1S/C19H24N2O/c1-18(2)9-6-10-19(3,17(18)22)16-14-8-5-4-7-13(14)15-11-20-12-21(15)16/h4-5,7-8,11-12,16-17,22H,6,9-10H2,1-3H3/t16-,17+,19+/m0/s1. The molecule has 2 heterocycles. The summed E-state index contributed by atoms with van der Waals surface area (Å²) in [4.78, 5) is 4.36. The Morgan fingerprint density at radius 1 is 1.18 bits per heavy atom. The van der Waals surface area contributed by atoms with Crippen LogP contribution in [-0.2, 0) is 0 Å². The van der Waals surface area contributed by atoms with E-state index in [4.69, 9.17) is 0 Å². The molecule has 3 nitrogen and oxygen atoms in total. The van der Waals surface area contributed by atoms with Gasteiger partial charge >= 0.3 is 0 Å². The molecule has 0 spiro atoms. The molecule has 1 aromatic heterocycles. The van der Waals surface area contributed by atoms with Crippen molar-refractivity contribution in [3.8, 4) is 11.3 Å². The molecule has 0 amide bonds.